The maximum Gasteiger partial charge on any atom is 0.338 e. The summed E-state index contributed by atoms with van der Waals surface area (Å²) in [6.45, 7) is 1.94. The van der Waals surface area contributed by atoms with Gasteiger partial charge in [-0.15, -0.1) is 0 Å². The molecule has 0 bridgehead atoms. The summed E-state index contributed by atoms with van der Waals surface area (Å²) in [5, 5.41) is 2.70. The molecule has 10 heteroatoms. The highest BCUT2D eigenvalue weighted by Gasteiger charge is 2.46. The van der Waals surface area contributed by atoms with Crippen molar-refractivity contribution in [2.75, 3.05) is 23.9 Å². The third-order valence-corrected chi connectivity index (χ3v) is 5.95. The van der Waals surface area contributed by atoms with Crippen LogP contribution in [0.4, 0.5) is 20.6 Å². The molecule has 196 valence electrons. The Labute approximate surface area is 218 Å². The molecule has 1 fully saturated rings. The molecule has 3 aromatic rings. The molecular formula is C28H26FN3O6. The summed E-state index contributed by atoms with van der Waals surface area (Å²) >= 11 is 0. The van der Waals surface area contributed by atoms with Crippen LogP contribution in [0, 0.1) is 5.82 Å². The Kier molecular flexibility index (Phi) is 8.00. The highest BCUT2D eigenvalue weighted by Crippen LogP contribution is 2.30. The van der Waals surface area contributed by atoms with E-state index in [0.29, 0.717) is 28.3 Å². The van der Waals surface area contributed by atoms with Gasteiger partial charge in [-0.3, -0.25) is 9.59 Å². The number of halogens is 1. The van der Waals surface area contributed by atoms with Crippen molar-refractivity contribution >= 4 is 35.2 Å². The van der Waals surface area contributed by atoms with E-state index in [9.17, 15) is 23.6 Å². The second-order valence-electron chi connectivity index (χ2n) is 8.48. The summed E-state index contributed by atoms with van der Waals surface area (Å²) in [6.07, 6.45) is -0.314. The number of ether oxygens (including phenoxy) is 2. The predicted octanol–water partition coefficient (Wildman–Crippen LogP) is 4.38. The molecule has 0 saturated carbocycles. The molecule has 1 saturated heterocycles. The maximum absolute atomic E-state index is 13.5. The van der Waals surface area contributed by atoms with Crippen molar-refractivity contribution in [3.05, 3.63) is 89.7 Å². The number of anilines is 2. The first kappa shape index (κ1) is 26.3. The Morgan fingerprint density at radius 1 is 1.00 bits per heavy atom. The summed E-state index contributed by atoms with van der Waals surface area (Å²) in [7, 11) is 1.47. The number of hydrogen-bond donors (Lipinski definition) is 1. The van der Waals surface area contributed by atoms with Crippen molar-refractivity contribution < 1.29 is 33.0 Å². The van der Waals surface area contributed by atoms with Crippen molar-refractivity contribution in [3.63, 3.8) is 0 Å². The summed E-state index contributed by atoms with van der Waals surface area (Å²) in [4.78, 5) is 54.0. The number of imide groups is 1. The Balaban J connectivity index is 1.55. The third kappa shape index (κ3) is 5.80. The summed E-state index contributed by atoms with van der Waals surface area (Å²) in [5.74, 6) is -1.52. The zero-order valence-corrected chi connectivity index (χ0v) is 20.8. The van der Waals surface area contributed by atoms with Gasteiger partial charge in [0.15, 0.2) is 0 Å². The van der Waals surface area contributed by atoms with E-state index >= 15 is 0 Å². The number of hydrogen-bond acceptors (Lipinski definition) is 6. The molecule has 38 heavy (non-hydrogen) atoms. The van der Waals surface area contributed by atoms with Crippen LogP contribution < -0.4 is 15.0 Å². The molecule has 1 aliphatic rings. The molecule has 0 aromatic heterocycles. The van der Waals surface area contributed by atoms with Crippen LogP contribution >= 0.6 is 0 Å². The molecule has 1 atom stereocenters. The van der Waals surface area contributed by atoms with Crippen LogP contribution in [0.15, 0.2) is 72.8 Å². The van der Waals surface area contributed by atoms with E-state index in [4.69, 9.17) is 9.47 Å². The number of urea groups is 1. The first-order chi connectivity index (χ1) is 18.3. The summed E-state index contributed by atoms with van der Waals surface area (Å²) in [6, 6.07) is 16.5. The van der Waals surface area contributed by atoms with Crippen LogP contribution in [0.2, 0.25) is 0 Å². The van der Waals surface area contributed by atoms with Gasteiger partial charge >= 0.3 is 12.0 Å². The van der Waals surface area contributed by atoms with E-state index in [1.165, 1.54) is 48.4 Å². The Morgan fingerprint density at radius 2 is 1.71 bits per heavy atom. The molecule has 4 amide bonds. The highest BCUT2D eigenvalue weighted by molar-refractivity contribution is 6.22. The van der Waals surface area contributed by atoms with E-state index in [0.717, 1.165) is 4.90 Å². The molecular weight excluding hydrogens is 493 g/mol. The lowest BCUT2D eigenvalue weighted by Crippen LogP contribution is -2.37. The second kappa shape index (κ2) is 11.5. The molecule has 1 aliphatic heterocycles. The van der Waals surface area contributed by atoms with Crippen LogP contribution in [0.3, 0.4) is 0 Å². The Bertz CT molecular complexity index is 1340. The topological polar surface area (TPSA) is 105 Å². The van der Waals surface area contributed by atoms with Crippen LogP contribution in [-0.2, 0) is 20.9 Å². The quantitative estimate of drug-likeness (QED) is 0.332. The van der Waals surface area contributed by atoms with E-state index in [1.54, 1.807) is 43.3 Å². The average molecular weight is 520 g/mol. The fourth-order valence-corrected chi connectivity index (χ4v) is 4.08. The lowest BCUT2D eigenvalue weighted by molar-refractivity contribution is -0.124. The normalized spacial score (nSPS) is 15.0. The van der Waals surface area contributed by atoms with Gasteiger partial charge in [-0.05, 0) is 61.0 Å². The standard InChI is InChI=1S/C28H26FN3O6/c1-3-38-27(35)19-9-13-21(14-10-19)30-25(33)16-24-26(34)32(22-5-4-6-23(15-22)37-2)28(36)31(24)17-18-7-11-20(29)12-8-18/h4-15,24H,3,16-17H2,1-2H3,(H,30,33). The number of nitrogens with one attached hydrogen (secondary N) is 1. The number of nitrogens with zero attached hydrogens (tertiary/aromatic N) is 2. The first-order valence-electron chi connectivity index (χ1n) is 11.9. The Morgan fingerprint density at radius 3 is 2.37 bits per heavy atom. The highest BCUT2D eigenvalue weighted by atomic mass is 19.1. The molecule has 1 heterocycles. The number of methoxy groups -OCH3 is 1. The van der Waals surface area contributed by atoms with Gasteiger partial charge in [-0.2, -0.15) is 0 Å². The monoisotopic (exact) mass is 519 g/mol. The van der Waals surface area contributed by atoms with Gasteiger partial charge in [0, 0.05) is 18.3 Å². The van der Waals surface area contributed by atoms with Gasteiger partial charge in [0.05, 0.1) is 31.4 Å². The molecule has 0 spiro atoms. The van der Waals surface area contributed by atoms with Crippen molar-refractivity contribution in [2.45, 2.75) is 25.9 Å². The lowest BCUT2D eigenvalue weighted by Gasteiger charge is -2.21. The number of esters is 1. The summed E-state index contributed by atoms with van der Waals surface area (Å²) in [5.41, 5.74) is 1.65. The number of amides is 4. The van der Waals surface area contributed by atoms with E-state index in [1.807, 2.05) is 0 Å². The minimum atomic E-state index is -1.10. The van der Waals surface area contributed by atoms with Crippen molar-refractivity contribution in [1.82, 2.24) is 4.90 Å². The Hall–Kier alpha value is -4.73. The predicted molar refractivity (Wildman–Crippen MR) is 137 cm³/mol. The van der Waals surface area contributed by atoms with Crippen LogP contribution in [0.1, 0.15) is 29.3 Å². The fraction of sp³-hybridized carbons (Fsp3) is 0.214. The molecule has 0 aliphatic carbocycles. The van der Waals surface area contributed by atoms with Crippen LogP contribution in [0.25, 0.3) is 0 Å². The number of carbonyl (C=O) groups is 4. The molecule has 1 unspecified atom stereocenters. The fourth-order valence-electron chi connectivity index (χ4n) is 4.08. The van der Waals surface area contributed by atoms with Gasteiger partial charge in [-0.1, -0.05) is 18.2 Å². The largest absolute Gasteiger partial charge is 0.497 e. The molecule has 0 radical (unpaired) electrons. The zero-order valence-electron chi connectivity index (χ0n) is 20.8. The maximum atomic E-state index is 13.5. The second-order valence-corrected chi connectivity index (χ2v) is 8.48. The molecule has 3 aromatic carbocycles. The van der Waals surface area contributed by atoms with Gasteiger partial charge in [0.1, 0.15) is 17.6 Å². The van der Waals surface area contributed by atoms with E-state index in [-0.39, 0.29) is 19.6 Å². The molecule has 4 rings (SSSR count). The van der Waals surface area contributed by atoms with Gasteiger partial charge < -0.3 is 19.7 Å². The van der Waals surface area contributed by atoms with Crippen molar-refractivity contribution in [3.8, 4) is 5.75 Å². The number of carbonyl (C=O) groups excluding carboxylic acids is 4. The van der Waals surface area contributed by atoms with Gasteiger partial charge in [0.25, 0.3) is 5.91 Å². The minimum absolute atomic E-state index is 0.00247. The molecule has 9 nitrogen and oxygen atoms in total. The zero-order chi connectivity index (χ0) is 27.2. The summed E-state index contributed by atoms with van der Waals surface area (Å²) < 4.78 is 23.6. The molecule has 1 N–H and O–H groups in total. The lowest BCUT2D eigenvalue weighted by atomic mass is 10.1. The number of rotatable bonds is 9. The first-order valence-corrected chi connectivity index (χ1v) is 11.9. The average Bonchev–Trinajstić information content (AvgIpc) is 3.14. The smallest absolute Gasteiger partial charge is 0.338 e. The van der Waals surface area contributed by atoms with E-state index < -0.39 is 35.7 Å². The number of benzene rings is 3. The van der Waals surface area contributed by atoms with Gasteiger partial charge in [0.2, 0.25) is 5.91 Å². The van der Waals surface area contributed by atoms with Gasteiger partial charge in [-0.25, -0.2) is 18.9 Å². The third-order valence-electron chi connectivity index (χ3n) is 5.95. The van der Waals surface area contributed by atoms with E-state index in [2.05, 4.69) is 5.32 Å². The van der Waals surface area contributed by atoms with Crippen molar-refractivity contribution in [1.29, 1.82) is 0 Å². The van der Waals surface area contributed by atoms with Crippen LogP contribution in [-0.4, -0.2) is 48.5 Å². The minimum Gasteiger partial charge on any atom is -0.497 e. The van der Waals surface area contributed by atoms with Crippen LogP contribution in [0.5, 0.6) is 5.75 Å². The SMILES string of the molecule is CCOC(=O)c1ccc(NC(=O)CC2C(=O)N(c3cccc(OC)c3)C(=O)N2Cc2ccc(F)cc2)cc1. The van der Waals surface area contributed by atoms with Crippen molar-refractivity contribution in [2.24, 2.45) is 0 Å².